The summed E-state index contributed by atoms with van der Waals surface area (Å²) < 4.78 is 0. The summed E-state index contributed by atoms with van der Waals surface area (Å²) in [5.74, 6) is 0. The van der Waals surface area contributed by atoms with Crippen molar-refractivity contribution in [1.82, 2.24) is 4.98 Å². The average molecular weight is 304 g/mol. The predicted octanol–water partition coefficient (Wildman–Crippen LogP) is 4.34. The zero-order valence-electron chi connectivity index (χ0n) is 12.8. The third-order valence-electron chi connectivity index (χ3n) is 3.91. The Balaban J connectivity index is 2.17. The molecule has 1 heterocycles. The number of rotatable bonds is 5. The zero-order valence-corrected chi connectivity index (χ0v) is 13.5. The van der Waals surface area contributed by atoms with Crippen LogP contribution in [0, 0.1) is 0 Å². The second-order valence-electron chi connectivity index (χ2n) is 5.30. The van der Waals surface area contributed by atoms with Crippen LogP contribution in [0.25, 0.3) is 0 Å². The van der Waals surface area contributed by atoms with Gasteiger partial charge in [0.1, 0.15) is 0 Å². The minimum absolute atomic E-state index is 0.00899. The normalized spacial score (nSPS) is 13.8. The second-order valence-corrected chi connectivity index (χ2v) is 5.73. The Labute approximate surface area is 131 Å². The zero-order chi connectivity index (χ0) is 15.4. The van der Waals surface area contributed by atoms with E-state index in [0.717, 1.165) is 22.8 Å². The number of hydrogen-bond donors (Lipinski definition) is 1. The molecule has 21 heavy (non-hydrogen) atoms. The molecule has 2 rings (SSSR count). The van der Waals surface area contributed by atoms with Crippen molar-refractivity contribution in [3.63, 3.8) is 0 Å². The first-order valence-electron chi connectivity index (χ1n) is 7.22. The molecule has 4 heteroatoms. The molecule has 0 amide bonds. The molecule has 2 N–H and O–H groups in total. The molecule has 0 saturated carbocycles. The molecule has 0 aliphatic rings. The van der Waals surface area contributed by atoms with Gasteiger partial charge in [0.25, 0.3) is 0 Å². The van der Waals surface area contributed by atoms with Gasteiger partial charge >= 0.3 is 0 Å². The molecule has 0 spiro atoms. The molecule has 0 bridgehead atoms. The molecule has 1 unspecified atom stereocenters. The van der Waals surface area contributed by atoms with Gasteiger partial charge in [-0.25, -0.2) is 0 Å². The molecule has 1 aromatic heterocycles. The van der Waals surface area contributed by atoms with Crippen molar-refractivity contribution in [2.75, 3.05) is 11.9 Å². The SMILES string of the molecule is CC[C@@H](N)c1ccc(N(C)C(C)c2cccc(Cl)c2)cn1. The molecule has 0 saturated heterocycles. The Morgan fingerprint density at radius 3 is 2.62 bits per heavy atom. The van der Waals surface area contributed by atoms with Crippen LogP contribution in [0.4, 0.5) is 5.69 Å². The van der Waals surface area contributed by atoms with Crippen LogP contribution in [0.2, 0.25) is 5.02 Å². The molecule has 0 radical (unpaired) electrons. The summed E-state index contributed by atoms with van der Waals surface area (Å²) in [4.78, 5) is 6.65. The van der Waals surface area contributed by atoms with Gasteiger partial charge in [-0.05, 0) is 43.2 Å². The van der Waals surface area contributed by atoms with Crippen molar-refractivity contribution in [3.05, 3.63) is 58.9 Å². The monoisotopic (exact) mass is 303 g/mol. The number of pyridine rings is 1. The molecule has 0 aliphatic heterocycles. The van der Waals surface area contributed by atoms with Gasteiger partial charge in [-0.2, -0.15) is 0 Å². The van der Waals surface area contributed by atoms with Gasteiger partial charge in [0.05, 0.1) is 23.6 Å². The van der Waals surface area contributed by atoms with Crippen LogP contribution < -0.4 is 10.6 Å². The predicted molar refractivity (Wildman–Crippen MR) is 89.7 cm³/mol. The largest absolute Gasteiger partial charge is 0.367 e. The molecule has 112 valence electrons. The summed E-state index contributed by atoms with van der Waals surface area (Å²) in [6.45, 7) is 4.21. The number of hydrogen-bond acceptors (Lipinski definition) is 3. The third-order valence-corrected chi connectivity index (χ3v) is 4.14. The highest BCUT2D eigenvalue weighted by atomic mass is 35.5. The van der Waals surface area contributed by atoms with Gasteiger partial charge in [-0.1, -0.05) is 30.7 Å². The lowest BCUT2D eigenvalue weighted by Crippen LogP contribution is -2.22. The third kappa shape index (κ3) is 3.74. The van der Waals surface area contributed by atoms with Crippen LogP contribution in [0.5, 0.6) is 0 Å². The smallest absolute Gasteiger partial charge is 0.0572 e. The first-order valence-corrected chi connectivity index (χ1v) is 7.60. The summed E-state index contributed by atoms with van der Waals surface area (Å²) in [7, 11) is 2.06. The summed E-state index contributed by atoms with van der Waals surface area (Å²) >= 11 is 6.07. The van der Waals surface area contributed by atoms with E-state index in [1.165, 1.54) is 5.56 Å². The number of benzene rings is 1. The summed E-state index contributed by atoms with van der Waals surface area (Å²) in [6, 6.07) is 12.2. The van der Waals surface area contributed by atoms with Gasteiger partial charge in [0, 0.05) is 18.1 Å². The van der Waals surface area contributed by atoms with Crippen LogP contribution in [-0.2, 0) is 0 Å². The fourth-order valence-electron chi connectivity index (χ4n) is 2.25. The fourth-order valence-corrected chi connectivity index (χ4v) is 2.45. The van der Waals surface area contributed by atoms with Crippen molar-refractivity contribution in [3.8, 4) is 0 Å². The number of aromatic nitrogens is 1. The molecule has 2 atom stereocenters. The van der Waals surface area contributed by atoms with E-state index in [9.17, 15) is 0 Å². The Kier molecular flexibility index (Phi) is 5.21. The molecule has 0 fully saturated rings. The van der Waals surface area contributed by atoms with Crippen molar-refractivity contribution in [2.45, 2.75) is 32.4 Å². The summed E-state index contributed by atoms with van der Waals surface area (Å²) in [5.41, 5.74) is 9.18. The van der Waals surface area contributed by atoms with Gasteiger partial charge in [0.2, 0.25) is 0 Å². The van der Waals surface area contributed by atoms with E-state index >= 15 is 0 Å². The lowest BCUT2D eigenvalue weighted by atomic mass is 10.1. The lowest BCUT2D eigenvalue weighted by molar-refractivity contribution is 0.673. The molecular weight excluding hydrogens is 282 g/mol. The van der Waals surface area contributed by atoms with E-state index < -0.39 is 0 Å². The Bertz CT molecular complexity index is 583. The minimum Gasteiger partial charge on any atom is -0.367 e. The summed E-state index contributed by atoms with van der Waals surface area (Å²) in [5, 5.41) is 0.759. The molecule has 3 nitrogen and oxygen atoms in total. The van der Waals surface area contributed by atoms with Gasteiger partial charge in [-0.15, -0.1) is 0 Å². The number of nitrogens with two attached hydrogens (primary N) is 1. The van der Waals surface area contributed by atoms with Crippen molar-refractivity contribution < 1.29 is 0 Å². The van der Waals surface area contributed by atoms with Crippen molar-refractivity contribution in [1.29, 1.82) is 0 Å². The van der Waals surface area contributed by atoms with Crippen LogP contribution in [0.3, 0.4) is 0 Å². The van der Waals surface area contributed by atoms with E-state index in [1.54, 1.807) is 0 Å². The maximum Gasteiger partial charge on any atom is 0.0572 e. The number of anilines is 1. The first kappa shape index (κ1) is 15.8. The van der Waals surface area contributed by atoms with Crippen LogP contribution in [-0.4, -0.2) is 12.0 Å². The van der Waals surface area contributed by atoms with Crippen molar-refractivity contribution in [2.24, 2.45) is 5.73 Å². The lowest BCUT2D eigenvalue weighted by Gasteiger charge is -2.27. The van der Waals surface area contributed by atoms with Crippen LogP contribution in [0.1, 0.15) is 43.6 Å². The highest BCUT2D eigenvalue weighted by molar-refractivity contribution is 6.30. The molecule has 0 aliphatic carbocycles. The topological polar surface area (TPSA) is 42.1 Å². The highest BCUT2D eigenvalue weighted by Crippen LogP contribution is 2.27. The van der Waals surface area contributed by atoms with E-state index in [2.05, 4.69) is 42.9 Å². The van der Waals surface area contributed by atoms with E-state index in [4.69, 9.17) is 17.3 Å². The Morgan fingerprint density at radius 2 is 2.05 bits per heavy atom. The standard InChI is InChI=1S/C17H22ClN3/c1-4-16(19)17-9-8-15(11-20-17)21(3)12(2)13-6-5-7-14(18)10-13/h5-12,16H,4,19H2,1-3H3/t12?,16-/m1/s1. The Morgan fingerprint density at radius 1 is 1.29 bits per heavy atom. The number of nitrogens with zero attached hydrogens (tertiary/aromatic N) is 2. The second kappa shape index (κ2) is 6.92. The maximum atomic E-state index is 6.07. The molecular formula is C17H22ClN3. The molecule has 2 aromatic rings. The highest BCUT2D eigenvalue weighted by Gasteiger charge is 2.13. The van der Waals surface area contributed by atoms with E-state index in [0.29, 0.717) is 0 Å². The Hall–Kier alpha value is -1.58. The summed E-state index contributed by atoms with van der Waals surface area (Å²) in [6.07, 6.45) is 2.77. The van der Waals surface area contributed by atoms with E-state index in [-0.39, 0.29) is 12.1 Å². The van der Waals surface area contributed by atoms with Crippen LogP contribution >= 0.6 is 11.6 Å². The van der Waals surface area contributed by atoms with E-state index in [1.807, 2.05) is 30.5 Å². The molecule has 1 aromatic carbocycles. The van der Waals surface area contributed by atoms with Gasteiger partial charge in [0.15, 0.2) is 0 Å². The first-order chi connectivity index (χ1) is 10.0. The van der Waals surface area contributed by atoms with Crippen LogP contribution in [0.15, 0.2) is 42.6 Å². The van der Waals surface area contributed by atoms with Crippen molar-refractivity contribution >= 4 is 17.3 Å². The fraction of sp³-hybridized carbons (Fsp3) is 0.353. The quantitative estimate of drug-likeness (QED) is 0.893. The van der Waals surface area contributed by atoms with Gasteiger partial charge < -0.3 is 10.6 Å². The maximum absolute atomic E-state index is 6.07. The number of halogens is 1. The average Bonchev–Trinajstić information content (AvgIpc) is 2.53. The van der Waals surface area contributed by atoms with Gasteiger partial charge in [-0.3, -0.25) is 4.98 Å². The minimum atomic E-state index is 0.00899.